The third-order valence-corrected chi connectivity index (χ3v) is 2.47. The summed E-state index contributed by atoms with van der Waals surface area (Å²) < 4.78 is 2.09. The average Bonchev–Trinajstić information content (AvgIpc) is 2.59. The molecule has 0 unspecified atom stereocenters. The molecule has 0 N–H and O–H groups in total. The lowest BCUT2D eigenvalue weighted by Gasteiger charge is -2.20. The summed E-state index contributed by atoms with van der Waals surface area (Å²) in [6.45, 7) is 8.50. The van der Waals surface area contributed by atoms with Crippen LogP contribution in [-0.2, 0) is 12.0 Å². The van der Waals surface area contributed by atoms with Crippen LogP contribution in [0.1, 0.15) is 33.4 Å². The fraction of sp³-hybridized carbons (Fsp3) is 0.545. The molecule has 2 rings (SSSR count). The summed E-state index contributed by atoms with van der Waals surface area (Å²) in [5.41, 5.74) is 2.88. The molecule has 0 saturated carbocycles. The number of fused-ring (bicyclic) bond motifs is 1. The highest BCUT2D eigenvalue weighted by molar-refractivity contribution is 5.73. The van der Waals surface area contributed by atoms with E-state index in [0.717, 1.165) is 23.3 Å². The molecule has 0 atom stereocenters. The molecule has 0 amide bonds. The monoisotopic (exact) mass is 204 g/mol. The fourth-order valence-corrected chi connectivity index (χ4v) is 1.63. The zero-order valence-electron chi connectivity index (χ0n) is 9.65. The minimum atomic E-state index is 0.00805. The third kappa shape index (κ3) is 1.60. The molecule has 4 nitrogen and oxygen atoms in total. The summed E-state index contributed by atoms with van der Waals surface area (Å²) in [7, 11) is 0. The first kappa shape index (κ1) is 10.1. The van der Waals surface area contributed by atoms with Gasteiger partial charge in [-0.3, -0.25) is 0 Å². The van der Waals surface area contributed by atoms with E-state index in [1.165, 1.54) is 0 Å². The van der Waals surface area contributed by atoms with E-state index in [2.05, 4.69) is 47.2 Å². The van der Waals surface area contributed by atoms with Gasteiger partial charge in [-0.25, -0.2) is 15.0 Å². The zero-order valence-corrected chi connectivity index (χ0v) is 9.65. The molecule has 0 radical (unpaired) electrons. The van der Waals surface area contributed by atoms with Crippen LogP contribution in [0.3, 0.4) is 0 Å². The molecule has 0 saturated heterocycles. The van der Waals surface area contributed by atoms with Crippen molar-refractivity contribution in [3.05, 3.63) is 18.3 Å². The van der Waals surface area contributed by atoms with Crippen molar-refractivity contribution in [1.82, 2.24) is 19.5 Å². The Bertz CT molecular complexity index is 479. The summed E-state index contributed by atoms with van der Waals surface area (Å²) >= 11 is 0. The second kappa shape index (κ2) is 3.29. The van der Waals surface area contributed by atoms with Gasteiger partial charge < -0.3 is 4.57 Å². The van der Waals surface area contributed by atoms with Crippen molar-refractivity contribution in [2.45, 2.75) is 39.7 Å². The van der Waals surface area contributed by atoms with Crippen molar-refractivity contribution in [1.29, 1.82) is 0 Å². The molecule has 15 heavy (non-hydrogen) atoms. The predicted molar refractivity (Wildman–Crippen MR) is 59.7 cm³/mol. The van der Waals surface area contributed by atoms with E-state index in [4.69, 9.17) is 0 Å². The van der Waals surface area contributed by atoms with Gasteiger partial charge in [0.2, 0.25) is 0 Å². The normalized spacial score (nSPS) is 12.3. The van der Waals surface area contributed by atoms with Crippen LogP contribution in [0.5, 0.6) is 0 Å². The lowest BCUT2D eigenvalue weighted by Crippen LogP contribution is -2.21. The van der Waals surface area contributed by atoms with Gasteiger partial charge in [0.05, 0.1) is 12.0 Å². The lowest BCUT2D eigenvalue weighted by atomic mass is 10.1. The summed E-state index contributed by atoms with van der Waals surface area (Å²) in [5.74, 6) is 0. The summed E-state index contributed by atoms with van der Waals surface area (Å²) in [4.78, 5) is 12.9. The van der Waals surface area contributed by atoms with Gasteiger partial charge >= 0.3 is 0 Å². The number of nitrogens with zero attached hydrogens (tertiary/aromatic N) is 4. The minimum absolute atomic E-state index is 0.00805. The van der Waals surface area contributed by atoms with Gasteiger partial charge in [0.25, 0.3) is 0 Å². The average molecular weight is 204 g/mol. The number of aromatic nitrogens is 4. The molecule has 2 aromatic rings. The second-order valence-corrected chi connectivity index (χ2v) is 4.63. The SMILES string of the molecule is CCc1ncnc2c1ncn2C(C)(C)C. The Morgan fingerprint density at radius 2 is 1.93 bits per heavy atom. The maximum atomic E-state index is 4.39. The highest BCUT2D eigenvalue weighted by Gasteiger charge is 2.18. The van der Waals surface area contributed by atoms with Crippen molar-refractivity contribution < 1.29 is 0 Å². The van der Waals surface area contributed by atoms with Crippen LogP contribution in [-0.4, -0.2) is 19.5 Å². The molecule has 4 heteroatoms. The van der Waals surface area contributed by atoms with Gasteiger partial charge in [-0.05, 0) is 27.2 Å². The first-order valence-electron chi connectivity index (χ1n) is 5.21. The summed E-state index contributed by atoms with van der Waals surface area (Å²) in [5, 5.41) is 0. The van der Waals surface area contributed by atoms with Crippen molar-refractivity contribution in [2.75, 3.05) is 0 Å². The van der Waals surface area contributed by atoms with E-state index in [0.29, 0.717) is 0 Å². The molecule has 0 aromatic carbocycles. The molecular formula is C11H16N4. The zero-order chi connectivity index (χ0) is 11.1. The van der Waals surface area contributed by atoms with Gasteiger partial charge in [0, 0.05) is 5.54 Å². The molecule has 0 aliphatic carbocycles. The highest BCUT2D eigenvalue weighted by atomic mass is 15.2. The number of aryl methyl sites for hydroxylation is 1. The molecule has 80 valence electrons. The maximum absolute atomic E-state index is 4.39. The van der Waals surface area contributed by atoms with E-state index in [-0.39, 0.29) is 5.54 Å². The van der Waals surface area contributed by atoms with E-state index in [9.17, 15) is 0 Å². The molecule has 0 bridgehead atoms. The Hall–Kier alpha value is -1.45. The number of hydrogen-bond acceptors (Lipinski definition) is 3. The van der Waals surface area contributed by atoms with Crippen molar-refractivity contribution in [3.63, 3.8) is 0 Å². The van der Waals surface area contributed by atoms with Crippen LogP contribution >= 0.6 is 0 Å². The Morgan fingerprint density at radius 3 is 2.53 bits per heavy atom. The lowest BCUT2D eigenvalue weighted by molar-refractivity contribution is 0.406. The van der Waals surface area contributed by atoms with Crippen LogP contribution < -0.4 is 0 Å². The summed E-state index contributed by atoms with van der Waals surface area (Å²) in [6.07, 6.45) is 4.35. The van der Waals surface area contributed by atoms with Crippen LogP contribution in [0, 0.1) is 0 Å². The van der Waals surface area contributed by atoms with Crippen LogP contribution in [0.15, 0.2) is 12.7 Å². The van der Waals surface area contributed by atoms with Gasteiger partial charge in [-0.15, -0.1) is 0 Å². The standard InChI is InChI=1S/C11H16N4/c1-5-8-9-10(13-6-12-8)15(7-14-9)11(2,3)4/h6-7H,5H2,1-4H3. The highest BCUT2D eigenvalue weighted by Crippen LogP contribution is 2.21. The molecule has 0 spiro atoms. The molecule has 0 aliphatic rings. The Morgan fingerprint density at radius 1 is 1.20 bits per heavy atom. The quantitative estimate of drug-likeness (QED) is 0.714. The van der Waals surface area contributed by atoms with E-state index in [1.54, 1.807) is 6.33 Å². The molecular weight excluding hydrogens is 188 g/mol. The van der Waals surface area contributed by atoms with Crippen molar-refractivity contribution >= 4 is 11.2 Å². The number of rotatable bonds is 1. The topological polar surface area (TPSA) is 43.6 Å². The van der Waals surface area contributed by atoms with Crippen molar-refractivity contribution in [3.8, 4) is 0 Å². The Labute approximate surface area is 89.4 Å². The molecule has 0 fully saturated rings. The van der Waals surface area contributed by atoms with Crippen LogP contribution in [0.2, 0.25) is 0 Å². The van der Waals surface area contributed by atoms with Gasteiger partial charge in [0.1, 0.15) is 11.8 Å². The molecule has 0 aliphatic heterocycles. The molecule has 2 heterocycles. The predicted octanol–water partition coefficient (Wildman–Crippen LogP) is 2.14. The molecule has 2 aromatic heterocycles. The first-order valence-corrected chi connectivity index (χ1v) is 5.21. The van der Waals surface area contributed by atoms with Gasteiger partial charge in [-0.2, -0.15) is 0 Å². The maximum Gasteiger partial charge on any atom is 0.163 e. The van der Waals surface area contributed by atoms with Crippen molar-refractivity contribution in [2.24, 2.45) is 0 Å². The van der Waals surface area contributed by atoms with E-state index >= 15 is 0 Å². The number of hydrogen-bond donors (Lipinski definition) is 0. The largest absolute Gasteiger partial charge is 0.310 e. The Balaban J connectivity index is 2.72. The number of imidazole rings is 1. The van der Waals surface area contributed by atoms with Crippen LogP contribution in [0.4, 0.5) is 0 Å². The minimum Gasteiger partial charge on any atom is -0.310 e. The fourth-order valence-electron chi connectivity index (χ4n) is 1.63. The second-order valence-electron chi connectivity index (χ2n) is 4.63. The van der Waals surface area contributed by atoms with Crippen LogP contribution in [0.25, 0.3) is 11.2 Å². The smallest absolute Gasteiger partial charge is 0.163 e. The Kier molecular flexibility index (Phi) is 2.21. The van der Waals surface area contributed by atoms with Gasteiger partial charge in [0.15, 0.2) is 5.65 Å². The first-order chi connectivity index (χ1) is 7.04. The summed E-state index contributed by atoms with van der Waals surface area (Å²) in [6, 6.07) is 0. The van der Waals surface area contributed by atoms with E-state index < -0.39 is 0 Å². The third-order valence-electron chi connectivity index (χ3n) is 2.47. The van der Waals surface area contributed by atoms with Gasteiger partial charge in [-0.1, -0.05) is 6.92 Å². The van der Waals surface area contributed by atoms with E-state index in [1.807, 2.05) is 6.33 Å².